The first-order valence-electron chi connectivity index (χ1n) is 4.72. The van der Waals surface area contributed by atoms with Crippen LogP contribution in [0.2, 0.25) is 0 Å². The van der Waals surface area contributed by atoms with Gasteiger partial charge < -0.3 is 0 Å². The quantitative estimate of drug-likeness (QED) is 0.594. The van der Waals surface area contributed by atoms with Crippen LogP contribution in [0.3, 0.4) is 0 Å². The summed E-state index contributed by atoms with van der Waals surface area (Å²) < 4.78 is 1.06. The maximum atomic E-state index is 10.5. The van der Waals surface area contributed by atoms with E-state index in [0.29, 0.717) is 5.92 Å². The molecule has 0 saturated heterocycles. The summed E-state index contributed by atoms with van der Waals surface area (Å²) in [6.07, 6.45) is 5.01. The van der Waals surface area contributed by atoms with Crippen LogP contribution in [0.15, 0.2) is 34.8 Å². The standard InChI is InChI=1S/C12H11BrO/c13-11-3-1-2-10(8-11)12(6-7-14)9-4-5-9/h1-3,6-9H,4-5H2/b12-6-. The van der Waals surface area contributed by atoms with Crippen LogP contribution in [0.5, 0.6) is 0 Å². The van der Waals surface area contributed by atoms with Gasteiger partial charge in [-0.3, -0.25) is 4.79 Å². The number of carbonyl (C=O) groups excluding carboxylic acids is 1. The van der Waals surface area contributed by atoms with E-state index >= 15 is 0 Å². The summed E-state index contributed by atoms with van der Waals surface area (Å²) in [6.45, 7) is 0. The van der Waals surface area contributed by atoms with Crippen molar-refractivity contribution in [2.45, 2.75) is 12.8 Å². The normalized spacial score (nSPS) is 16.8. The van der Waals surface area contributed by atoms with E-state index in [0.717, 1.165) is 16.3 Å². The summed E-state index contributed by atoms with van der Waals surface area (Å²) in [5.41, 5.74) is 2.34. The number of benzene rings is 1. The lowest BCUT2D eigenvalue weighted by atomic mass is 10.0. The molecule has 14 heavy (non-hydrogen) atoms. The van der Waals surface area contributed by atoms with Crippen LogP contribution in [0.4, 0.5) is 0 Å². The van der Waals surface area contributed by atoms with Crippen molar-refractivity contribution in [1.29, 1.82) is 0 Å². The first kappa shape index (κ1) is 9.66. The van der Waals surface area contributed by atoms with Gasteiger partial charge in [0.1, 0.15) is 6.29 Å². The fourth-order valence-electron chi connectivity index (χ4n) is 1.60. The molecule has 1 aromatic rings. The van der Waals surface area contributed by atoms with E-state index in [1.807, 2.05) is 12.1 Å². The van der Waals surface area contributed by atoms with E-state index in [9.17, 15) is 4.79 Å². The Bertz CT molecular complexity index is 378. The summed E-state index contributed by atoms with van der Waals surface area (Å²) in [5.74, 6) is 0.606. The molecule has 0 aliphatic heterocycles. The minimum atomic E-state index is 0.606. The number of halogens is 1. The smallest absolute Gasteiger partial charge is 0.143 e. The van der Waals surface area contributed by atoms with Gasteiger partial charge in [-0.15, -0.1) is 0 Å². The summed E-state index contributed by atoms with van der Waals surface area (Å²) in [5, 5.41) is 0. The molecular weight excluding hydrogens is 240 g/mol. The molecule has 1 aliphatic rings. The van der Waals surface area contributed by atoms with Crippen LogP contribution >= 0.6 is 15.9 Å². The lowest BCUT2D eigenvalue weighted by Crippen LogP contribution is -1.87. The van der Waals surface area contributed by atoms with E-state index in [1.165, 1.54) is 18.4 Å². The van der Waals surface area contributed by atoms with E-state index in [1.54, 1.807) is 6.08 Å². The van der Waals surface area contributed by atoms with Crippen LogP contribution in [0, 0.1) is 5.92 Å². The minimum absolute atomic E-state index is 0.606. The zero-order valence-electron chi connectivity index (χ0n) is 7.74. The highest BCUT2D eigenvalue weighted by atomic mass is 79.9. The van der Waals surface area contributed by atoms with Gasteiger partial charge in [0.25, 0.3) is 0 Å². The maximum Gasteiger partial charge on any atom is 0.143 e. The third kappa shape index (κ3) is 2.13. The predicted molar refractivity (Wildman–Crippen MR) is 60.9 cm³/mol. The molecular formula is C12H11BrO. The molecule has 0 bridgehead atoms. The summed E-state index contributed by atoms with van der Waals surface area (Å²) >= 11 is 3.44. The van der Waals surface area contributed by atoms with Crippen molar-refractivity contribution in [3.8, 4) is 0 Å². The first-order chi connectivity index (χ1) is 6.81. The molecule has 0 spiro atoms. The van der Waals surface area contributed by atoms with Gasteiger partial charge in [0.15, 0.2) is 0 Å². The van der Waals surface area contributed by atoms with Crippen LogP contribution in [0.1, 0.15) is 18.4 Å². The molecule has 0 amide bonds. The van der Waals surface area contributed by atoms with E-state index in [4.69, 9.17) is 0 Å². The molecule has 2 rings (SSSR count). The fraction of sp³-hybridized carbons (Fsp3) is 0.250. The van der Waals surface area contributed by atoms with Crippen LogP contribution in [0.25, 0.3) is 5.57 Å². The number of carbonyl (C=O) groups is 1. The monoisotopic (exact) mass is 250 g/mol. The van der Waals surface area contributed by atoms with Crippen molar-refractivity contribution in [2.75, 3.05) is 0 Å². The Labute approximate surface area is 92.0 Å². The molecule has 72 valence electrons. The third-order valence-electron chi connectivity index (χ3n) is 2.42. The van der Waals surface area contributed by atoms with Crippen molar-refractivity contribution in [3.63, 3.8) is 0 Å². The molecule has 0 atom stereocenters. The number of hydrogen-bond acceptors (Lipinski definition) is 1. The minimum Gasteiger partial charge on any atom is -0.299 e. The lowest BCUT2D eigenvalue weighted by Gasteiger charge is -2.04. The Kier molecular flexibility index (Phi) is 2.82. The Morgan fingerprint density at radius 3 is 2.79 bits per heavy atom. The van der Waals surface area contributed by atoms with E-state index in [-0.39, 0.29) is 0 Å². The van der Waals surface area contributed by atoms with Gasteiger partial charge in [-0.05, 0) is 48.1 Å². The summed E-state index contributed by atoms with van der Waals surface area (Å²) in [4.78, 5) is 10.5. The molecule has 1 saturated carbocycles. The van der Waals surface area contributed by atoms with Gasteiger partial charge in [-0.1, -0.05) is 28.1 Å². The fourth-order valence-corrected chi connectivity index (χ4v) is 2.00. The second kappa shape index (κ2) is 4.09. The van der Waals surface area contributed by atoms with Crippen molar-refractivity contribution in [2.24, 2.45) is 5.92 Å². The van der Waals surface area contributed by atoms with E-state index in [2.05, 4.69) is 28.1 Å². The predicted octanol–water partition coefficient (Wildman–Crippen LogP) is 3.44. The van der Waals surface area contributed by atoms with Crippen LogP contribution < -0.4 is 0 Å². The molecule has 0 radical (unpaired) electrons. The average Bonchev–Trinajstić information content (AvgIpc) is 2.97. The number of rotatable bonds is 3. The average molecular weight is 251 g/mol. The topological polar surface area (TPSA) is 17.1 Å². The molecule has 1 aliphatic carbocycles. The molecule has 2 heteroatoms. The molecule has 0 heterocycles. The van der Waals surface area contributed by atoms with Crippen LogP contribution in [-0.4, -0.2) is 6.29 Å². The van der Waals surface area contributed by atoms with Gasteiger partial charge in [-0.25, -0.2) is 0 Å². The summed E-state index contributed by atoms with van der Waals surface area (Å²) in [6, 6.07) is 8.11. The summed E-state index contributed by atoms with van der Waals surface area (Å²) in [7, 11) is 0. The second-order valence-corrected chi connectivity index (χ2v) is 4.46. The Morgan fingerprint density at radius 2 is 2.21 bits per heavy atom. The van der Waals surface area contributed by atoms with Gasteiger partial charge in [0.2, 0.25) is 0 Å². The highest BCUT2D eigenvalue weighted by Gasteiger charge is 2.26. The molecule has 0 aromatic heterocycles. The molecule has 0 unspecified atom stereocenters. The van der Waals surface area contributed by atoms with Crippen molar-refractivity contribution < 1.29 is 4.79 Å². The number of aldehydes is 1. The highest BCUT2D eigenvalue weighted by Crippen LogP contribution is 2.41. The zero-order chi connectivity index (χ0) is 9.97. The van der Waals surface area contributed by atoms with Gasteiger partial charge in [0, 0.05) is 4.47 Å². The molecule has 0 N–H and O–H groups in total. The highest BCUT2D eigenvalue weighted by molar-refractivity contribution is 9.10. The van der Waals surface area contributed by atoms with Gasteiger partial charge in [0.05, 0.1) is 0 Å². The van der Waals surface area contributed by atoms with Crippen molar-refractivity contribution in [3.05, 3.63) is 40.4 Å². The zero-order valence-corrected chi connectivity index (χ0v) is 9.33. The molecule has 1 fully saturated rings. The Morgan fingerprint density at radius 1 is 1.43 bits per heavy atom. The Hall–Kier alpha value is -0.890. The maximum absolute atomic E-state index is 10.5. The van der Waals surface area contributed by atoms with Crippen molar-refractivity contribution >= 4 is 27.8 Å². The number of allylic oxidation sites excluding steroid dienone is 2. The largest absolute Gasteiger partial charge is 0.299 e. The van der Waals surface area contributed by atoms with Gasteiger partial charge in [-0.2, -0.15) is 0 Å². The number of hydrogen-bond donors (Lipinski definition) is 0. The molecule has 1 aromatic carbocycles. The third-order valence-corrected chi connectivity index (χ3v) is 2.92. The lowest BCUT2D eigenvalue weighted by molar-refractivity contribution is -0.104. The Balaban J connectivity index is 2.35. The SMILES string of the molecule is O=C/C=C(\c1cccc(Br)c1)C1CC1. The second-order valence-electron chi connectivity index (χ2n) is 3.54. The molecule has 1 nitrogen and oxygen atoms in total. The van der Waals surface area contributed by atoms with E-state index < -0.39 is 0 Å². The van der Waals surface area contributed by atoms with Crippen LogP contribution in [-0.2, 0) is 4.79 Å². The van der Waals surface area contributed by atoms with Gasteiger partial charge >= 0.3 is 0 Å². The first-order valence-corrected chi connectivity index (χ1v) is 5.52. The van der Waals surface area contributed by atoms with Crippen molar-refractivity contribution in [1.82, 2.24) is 0 Å².